The van der Waals surface area contributed by atoms with Gasteiger partial charge in [0.15, 0.2) is 19.0 Å². The number of ether oxygens (including phenoxy) is 2. The maximum absolute atomic E-state index is 12.2. The Morgan fingerprint density at radius 1 is 1.21 bits per heavy atom. The minimum Gasteiger partial charge on any atom is -0.482 e. The van der Waals surface area contributed by atoms with Crippen molar-refractivity contribution in [2.24, 2.45) is 0 Å². The van der Waals surface area contributed by atoms with E-state index in [2.05, 4.69) is 5.32 Å². The molecule has 6 heteroatoms. The first-order valence-corrected chi connectivity index (χ1v) is 7.37. The molecule has 6 nitrogen and oxygen atoms in total. The molecule has 122 valence electrons. The van der Waals surface area contributed by atoms with Crippen LogP contribution in [0.1, 0.15) is 26.3 Å². The number of benzene rings is 2. The largest absolute Gasteiger partial charge is 0.482 e. The van der Waals surface area contributed by atoms with Crippen LogP contribution in [0.25, 0.3) is 0 Å². The Hall–Kier alpha value is -3.15. The molecule has 0 saturated heterocycles. The average molecular weight is 325 g/mol. The van der Waals surface area contributed by atoms with Gasteiger partial charge in [0.1, 0.15) is 5.75 Å². The Morgan fingerprint density at radius 2 is 2.00 bits per heavy atom. The second-order valence-electron chi connectivity index (χ2n) is 5.36. The molecule has 3 rings (SSSR count). The Labute approximate surface area is 138 Å². The van der Waals surface area contributed by atoms with E-state index in [0.717, 1.165) is 5.56 Å². The van der Waals surface area contributed by atoms with Gasteiger partial charge in [-0.25, -0.2) is 4.79 Å². The van der Waals surface area contributed by atoms with Crippen LogP contribution in [-0.4, -0.2) is 30.9 Å². The highest BCUT2D eigenvalue weighted by molar-refractivity contribution is 6.02. The first-order valence-electron chi connectivity index (χ1n) is 7.37. The number of aryl methyl sites for hydroxylation is 1. The summed E-state index contributed by atoms with van der Waals surface area (Å²) >= 11 is 0. The van der Waals surface area contributed by atoms with E-state index in [1.54, 1.807) is 37.3 Å². The number of carbonyl (C=O) groups excluding carboxylic acids is 3. The zero-order valence-electron chi connectivity index (χ0n) is 13.0. The number of hydrogen-bond acceptors (Lipinski definition) is 5. The second kappa shape index (κ2) is 6.54. The third-order valence-corrected chi connectivity index (χ3v) is 3.63. The van der Waals surface area contributed by atoms with E-state index in [9.17, 15) is 14.4 Å². The maximum Gasteiger partial charge on any atom is 0.338 e. The summed E-state index contributed by atoms with van der Waals surface area (Å²) < 4.78 is 10.3. The fourth-order valence-electron chi connectivity index (χ4n) is 2.35. The van der Waals surface area contributed by atoms with Crippen molar-refractivity contribution < 1.29 is 23.9 Å². The quantitative estimate of drug-likeness (QED) is 0.689. The van der Waals surface area contributed by atoms with Crippen LogP contribution in [0.3, 0.4) is 0 Å². The number of rotatable bonds is 4. The maximum atomic E-state index is 12.2. The Bertz CT molecular complexity index is 828. The van der Waals surface area contributed by atoms with Crippen LogP contribution in [0.4, 0.5) is 5.69 Å². The lowest BCUT2D eigenvalue weighted by molar-refractivity contribution is -0.118. The van der Waals surface area contributed by atoms with Crippen LogP contribution in [0.5, 0.6) is 5.75 Å². The van der Waals surface area contributed by atoms with Gasteiger partial charge in [-0.2, -0.15) is 0 Å². The molecule has 2 aromatic rings. The first kappa shape index (κ1) is 15.7. The summed E-state index contributed by atoms with van der Waals surface area (Å²) in [7, 11) is 0. The molecule has 0 bridgehead atoms. The van der Waals surface area contributed by atoms with Crippen LogP contribution in [0.2, 0.25) is 0 Å². The zero-order chi connectivity index (χ0) is 17.1. The molecule has 0 unspecified atom stereocenters. The lowest BCUT2D eigenvalue weighted by Gasteiger charge is -2.18. The summed E-state index contributed by atoms with van der Waals surface area (Å²) in [5.41, 5.74) is 1.97. The van der Waals surface area contributed by atoms with Crippen molar-refractivity contribution in [1.82, 2.24) is 0 Å². The molecule has 1 N–H and O–H groups in total. The molecule has 24 heavy (non-hydrogen) atoms. The van der Waals surface area contributed by atoms with Crippen molar-refractivity contribution in [2.45, 2.75) is 6.92 Å². The van der Waals surface area contributed by atoms with Crippen molar-refractivity contribution in [3.05, 3.63) is 59.2 Å². The predicted octanol–water partition coefficient (Wildman–Crippen LogP) is 2.37. The second-order valence-corrected chi connectivity index (χ2v) is 5.36. The molecule has 0 radical (unpaired) electrons. The smallest absolute Gasteiger partial charge is 0.338 e. The summed E-state index contributed by atoms with van der Waals surface area (Å²) in [6.45, 7) is 1.37. The molecule has 1 aliphatic heterocycles. The molecule has 0 spiro atoms. The highest BCUT2D eigenvalue weighted by atomic mass is 16.5. The number of fused-ring (bicyclic) bond motifs is 1. The van der Waals surface area contributed by atoms with Crippen molar-refractivity contribution in [2.75, 3.05) is 18.5 Å². The number of ketones is 1. The van der Waals surface area contributed by atoms with E-state index in [-0.39, 0.29) is 24.9 Å². The fraction of sp³-hybridized carbons (Fsp3) is 0.167. The molecule has 1 aliphatic rings. The van der Waals surface area contributed by atoms with Crippen LogP contribution < -0.4 is 10.1 Å². The molecule has 1 amide bonds. The van der Waals surface area contributed by atoms with Crippen molar-refractivity contribution in [3.63, 3.8) is 0 Å². The van der Waals surface area contributed by atoms with E-state index >= 15 is 0 Å². The zero-order valence-corrected chi connectivity index (χ0v) is 13.0. The molecule has 2 aromatic carbocycles. The summed E-state index contributed by atoms with van der Waals surface area (Å²) in [6, 6.07) is 11.7. The minimum absolute atomic E-state index is 0.0473. The molecular formula is C18H15NO5. The summed E-state index contributed by atoms with van der Waals surface area (Å²) in [6.07, 6.45) is 0. The molecule has 0 aromatic heterocycles. The van der Waals surface area contributed by atoms with Gasteiger partial charge in [-0.05, 0) is 36.8 Å². The van der Waals surface area contributed by atoms with Crippen LogP contribution >= 0.6 is 0 Å². The number of amides is 1. The van der Waals surface area contributed by atoms with Gasteiger partial charge in [0.05, 0.1) is 11.3 Å². The van der Waals surface area contributed by atoms with Gasteiger partial charge in [0.25, 0.3) is 5.91 Å². The first-order chi connectivity index (χ1) is 11.5. The monoisotopic (exact) mass is 325 g/mol. The standard InChI is InChI=1S/C18H15NO5/c1-11-4-2-3-5-13(11)18(22)24-9-15(20)12-6-7-16-14(8-12)19-17(21)10-23-16/h2-8H,9-10H2,1H3,(H,19,21). The summed E-state index contributed by atoms with van der Waals surface area (Å²) in [5.74, 6) is -0.684. The Kier molecular flexibility index (Phi) is 4.29. The molecule has 0 atom stereocenters. The van der Waals surface area contributed by atoms with Crippen LogP contribution in [-0.2, 0) is 9.53 Å². The highest BCUT2D eigenvalue weighted by Gasteiger charge is 2.19. The third-order valence-electron chi connectivity index (χ3n) is 3.63. The fourth-order valence-corrected chi connectivity index (χ4v) is 2.35. The van der Waals surface area contributed by atoms with E-state index in [1.807, 2.05) is 6.07 Å². The van der Waals surface area contributed by atoms with Crippen molar-refractivity contribution >= 4 is 23.3 Å². The van der Waals surface area contributed by atoms with Gasteiger partial charge >= 0.3 is 5.97 Å². The van der Waals surface area contributed by atoms with Gasteiger partial charge in [-0.3, -0.25) is 9.59 Å². The third kappa shape index (κ3) is 3.27. The molecule has 0 fully saturated rings. The Morgan fingerprint density at radius 3 is 2.79 bits per heavy atom. The Balaban J connectivity index is 1.67. The number of nitrogens with one attached hydrogen (secondary N) is 1. The number of hydrogen-bond donors (Lipinski definition) is 1. The van der Waals surface area contributed by atoms with E-state index in [1.165, 1.54) is 6.07 Å². The van der Waals surface area contributed by atoms with Gasteiger partial charge < -0.3 is 14.8 Å². The van der Waals surface area contributed by atoms with Gasteiger partial charge in [0.2, 0.25) is 0 Å². The normalized spacial score (nSPS) is 12.6. The average Bonchev–Trinajstić information content (AvgIpc) is 2.59. The number of esters is 1. The van der Waals surface area contributed by atoms with Crippen molar-refractivity contribution in [1.29, 1.82) is 0 Å². The SMILES string of the molecule is Cc1ccccc1C(=O)OCC(=O)c1ccc2c(c1)NC(=O)CO2. The lowest BCUT2D eigenvalue weighted by atomic mass is 10.1. The predicted molar refractivity (Wildman–Crippen MR) is 86.4 cm³/mol. The van der Waals surface area contributed by atoms with Gasteiger partial charge in [-0.1, -0.05) is 18.2 Å². The van der Waals surface area contributed by atoms with Crippen molar-refractivity contribution in [3.8, 4) is 5.75 Å². The number of carbonyl (C=O) groups is 3. The van der Waals surface area contributed by atoms with Gasteiger partial charge in [-0.15, -0.1) is 0 Å². The minimum atomic E-state index is -0.545. The van der Waals surface area contributed by atoms with Crippen LogP contribution in [0.15, 0.2) is 42.5 Å². The molecular weight excluding hydrogens is 310 g/mol. The number of Topliss-reactive ketones (excluding diaryl/α,β-unsaturated/α-hetero) is 1. The topological polar surface area (TPSA) is 81.7 Å². The van der Waals surface area contributed by atoms with E-state index < -0.39 is 5.97 Å². The van der Waals surface area contributed by atoms with Gasteiger partial charge in [0, 0.05) is 5.56 Å². The lowest BCUT2D eigenvalue weighted by Crippen LogP contribution is -2.25. The van der Waals surface area contributed by atoms with Crippen LogP contribution in [0, 0.1) is 6.92 Å². The van der Waals surface area contributed by atoms with E-state index in [4.69, 9.17) is 9.47 Å². The number of anilines is 1. The highest BCUT2D eigenvalue weighted by Crippen LogP contribution is 2.28. The molecule has 0 aliphatic carbocycles. The summed E-state index contributed by atoms with van der Waals surface area (Å²) in [4.78, 5) is 35.5. The molecule has 1 heterocycles. The summed E-state index contributed by atoms with van der Waals surface area (Å²) in [5, 5.41) is 2.63. The molecule has 0 saturated carbocycles. The van der Waals surface area contributed by atoms with E-state index in [0.29, 0.717) is 22.6 Å².